The summed E-state index contributed by atoms with van der Waals surface area (Å²) in [4.78, 5) is 24.6. The van der Waals surface area contributed by atoms with Crippen molar-refractivity contribution in [1.82, 2.24) is 9.78 Å². The van der Waals surface area contributed by atoms with Crippen LogP contribution in [0, 0.1) is 10.9 Å². The fourth-order valence-electron chi connectivity index (χ4n) is 2.41. The minimum atomic E-state index is -0.931. The third-order valence-corrected chi connectivity index (χ3v) is 6.23. The number of benzene rings is 2. The highest BCUT2D eigenvalue weighted by atomic mass is 32.2. The molecule has 29 heavy (non-hydrogen) atoms. The number of hydrogen-bond acceptors (Lipinski definition) is 7. The summed E-state index contributed by atoms with van der Waals surface area (Å²) in [5, 5.41) is 7.15. The minimum Gasteiger partial charge on any atom is -0.449 e. The second-order valence-corrected chi connectivity index (χ2v) is 8.88. The highest BCUT2D eigenvalue weighted by molar-refractivity contribution is 8.00. The summed E-state index contributed by atoms with van der Waals surface area (Å²) in [6.07, 6.45) is 1.01. The number of aromatic nitrogens is 2. The molecule has 3 aromatic rings. The van der Waals surface area contributed by atoms with E-state index in [-0.39, 0.29) is 0 Å². The molecular weight excluding hydrogens is 426 g/mol. The van der Waals surface area contributed by atoms with Gasteiger partial charge in [0.25, 0.3) is 5.91 Å². The van der Waals surface area contributed by atoms with Gasteiger partial charge in [-0.1, -0.05) is 40.8 Å². The van der Waals surface area contributed by atoms with Gasteiger partial charge in [-0.15, -0.1) is 5.10 Å². The molecule has 150 valence electrons. The molecule has 0 fully saturated rings. The normalized spacial score (nSPS) is 11.7. The van der Waals surface area contributed by atoms with Gasteiger partial charge >= 0.3 is 5.97 Å². The van der Waals surface area contributed by atoms with E-state index in [0.717, 1.165) is 15.6 Å². The first-order valence-electron chi connectivity index (χ1n) is 8.70. The first-order valence-corrected chi connectivity index (χ1v) is 11.2. The molecule has 9 heteroatoms. The average Bonchev–Trinajstić information content (AvgIpc) is 3.10. The number of esters is 1. The zero-order valence-electron chi connectivity index (χ0n) is 16.0. The molecule has 2 aromatic carbocycles. The lowest BCUT2D eigenvalue weighted by atomic mass is 10.2. The van der Waals surface area contributed by atoms with Crippen molar-refractivity contribution >= 4 is 52.9 Å². The van der Waals surface area contributed by atoms with E-state index in [0.29, 0.717) is 15.2 Å². The molecule has 0 spiro atoms. The van der Waals surface area contributed by atoms with Crippen molar-refractivity contribution in [1.29, 1.82) is 0 Å². The summed E-state index contributed by atoms with van der Waals surface area (Å²) in [7, 11) is 0. The third kappa shape index (κ3) is 5.31. The molecule has 6 nitrogen and oxygen atoms in total. The van der Waals surface area contributed by atoms with E-state index in [4.69, 9.17) is 17.0 Å². The summed E-state index contributed by atoms with van der Waals surface area (Å²) in [6.45, 7) is 3.50. The number of aryl methyl sites for hydroxylation is 1. The third-order valence-electron chi connectivity index (χ3n) is 4.02. The highest BCUT2D eigenvalue weighted by Gasteiger charge is 2.19. The van der Waals surface area contributed by atoms with Gasteiger partial charge in [0.2, 0.25) is 0 Å². The first-order chi connectivity index (χ1) is 13.9. The second kappa shape index (κ2) is 9.34. The lowest BCUT2D eigenvalue weighted by Gasteiger charge is -2.14. The summed E-state index contributed by atoms with van der Waals surface area (Å²) in [6, 6.07) is 14.1. The topological polar surface area (TPSA) is 73.2 Å². The predicted octanol–water partition coefficient (Wildman–Crippen LogP) is 4.88. The molecule has 1 heterocycles. The van der Waals surface area contributed by atoms with Crippen LogP contribution in [0.3, 0.4) is 0 Å². The number of carbonyl (C=O) groups is 2. The number of nitrogens with one attached hydrogen (secondary N) is 1. The van der Waals surface area contributed by atoms with E-state index < -0.39 is 18.0 Å². The number of amides is 1. The van der Waals surface area contributed by atoms with Crippen LogP contribution in [0.15, 0.2) is 52.9 Å². The van der Waals surface area contributed by atoms with Crippen molar-refractivity contribution in [2.24, 2.45) is 0 Å². The van der Waals surface area contributed by atoms with Gasteiger partial charge < -0.3 is 10.1 Å². The Morgan fingerprint density at radius 1 is 1.17 bits per heavy atom. The smallest absolute Gasteiger partial charge is 0.338 e. The molecule has 0 aliphatic carbocycles. The Hall–Kier alpha value is -2.49. The van der Waals surface area contributed by atoms with Crippen molar-refractivity contribution in [2.75, 3.05) is 11.6 Å². The van der Waals surface area contributed by atoms with E-state index in [1.807, 2.05) is 25.3 Å². The Morgan fingerprint density at radius 2 is 1.83 bits per heavy atom. The van der Waals surface area contributed by atoms with Crippen LogP contribution in [-0.2, 0) is 9.53 Å². The van der Waals surface area contributed by atoms with Gasteiger partial charge in [0, 0.05) is 5.69 Å². The Balaban J connectivity index is 1.63. The number of nitrogens with zero attached hydrogens (tertiary/aromatic N) is 2. The fraction of sp³-hybridized carbons (Fsp3) is 0.200. The molecule has 0 aliphatic heterocycles. The molecule has 0 unspecified atom stereocenters. The van der Waals surface area contributed by atoms with Crippen LogP contribution in [-0.4, -0.2) is 34.0 Å². The van der Waals surface area contributed by atoms with E-state index in [1.54, 1.807) is 41.1 Å². The van der Waals surface area contributed by atoms with E-state index in [2.05, 4.69) is 10.4 Å². The zero-order chi connectivity index (χ0) is 21.0. The minimum absolute atomic E-state index is 0.343. The van der Waals surface area contributed by atoms with Gasteiger partial charge in [0.15, 0.2) is 14.4 Å². The highest BCUT2D eigenvalue weighted by Crippen LogP contribution is 2.22. The number of hydrogen-bond donors (Lipinski definition) is 1. The molecule has 1 atom stereocenters. The van der Waals surface area contributed by atoms with Gasteiger partial charge in [-0.25, -0.2) is 9.48 Å². The summed E-state index contributed by atoms with van der Waals surface area (Å²) in [5.41, 5.74) is 2.84. The van der Waals surface area contributed by atoms with Crippen molar-refractivity contribution in [3.8, 4) is 5.69 Å². The van der Waals surface area contributed by atoms with Gasteiger partial charge in [0.1, 0.15) is 0 Å². The molecule has 0 bridgehead atoms. The summed E-state index contributed by atoms with van der Waals surface area (Å²) >= 11 is 8.27. The Morgan fingerprint density at radius 3 is 2.41 bits per heavy atom. The largest absolute Gasteiger partial charge is 0.449 e. The van der Waals surface area contributed by atoms with Crippen LogP contribution >= 0.6 is 35.3 Å². The van der Waals surface area contributed by atoms with E-state index in [9.17, 15) is 9.59 Å². The lowest BCUT2D eigenvalue weighted by Crippen LogP contribution is -2.30. The molecule has 0 aliphatic rings. The number of thioether (sulfide) groups is 1. The van der Waals surface area contributed by atoms with Gasteiger partial charge in [-0.05, 0) is 68.7 Å². The quantitative estimate of drug-likeness (QED) is 0.331. The van der Waals surface area contributed by atoms with Crippen molar-refractivity contribution in [3.63, 3.8) is 0 Å². The Kier molecular flexibility index (Phi) is 6.83. The fourth-order valence-corrected chi connectivity index (χ4v) is 4.19. The molecule has 1 amide bonds. The summed E-state index contributed by atoms with van der Waals surface area (Å²) in [5.74, 6) is -0.966. The van der Waals surface area contributed by atoms with Gasteiger partial charge in [0.05, 0.1) is 11.3 Å². The number of rotatable bonds is 6. The van der Waals surface area contributed by atoms with Crippen LogP contribution in [0.25, 0.3) is 5.69 Å². The average molecular weight is 446 g/mol. The Bertz CT molecular complexity index is 1070. The molecule has 3 rings (SSSR count). The zero-order valence-corrected chi connectivity index (χ0v) is 18.5. The van der Waals surface area contributed by atoms with Crippen LogP contribution in [0.5, 0.6) is 0 Å². The molecule has 0 saturated heterocycles. The number of ether oxygens (including phenoxy) is 1. The van der Waals surface area contributed by atoms with Gasteiger partial charge in [-0.2, -0.15) is 0 Å². The molecule has 1 aromatic heterocycles. The second-order valence-electron chi connectivity index (χ2n) is 6.20. The Labute approximate surface area is 181 Å². The maximum Gasteiger partial charge on any atom is 0.338 e. The first kappa shape index (κ1) is 21.2. The number of anilines is 1. The van der Waals surface area contributed by atoms with Crippen LogP contribution in [0.1, 0.15) is 22.8 Å². The van der Waals surface area contributed by atoms with E-state index >= 15 is 0 Å². The van der Waals surface area contributed by atoms with Crippen molar-refractivity contribution in [2.45, 2.75) is 24.3 Å². The van der Waals surface area contributed by atoms with Crippen molar-refractivity contribution in [3.05, 3.63) is 63.6 Å². The van der Waals surface area contributed by atoms with Crippen LogP contribution < -0.4 is 5.32 Å². The maximum atomic E-state index is 12.4. The van der Waals surface area contributed by atoms with Gasteiger partial charge in [-0.3, -0.25) is 4.79 Å². The summed E-state index contributed by atoms with van der Waals surface area (Å²) < 4.78 is 8.44. The monoisotopic (exact) mass is 445 g/mol. The maximum absolute atomic E-state index is 12.4. The SMILES string of the molecule is CSc1nn(-c2ccc(C(=O)O[C@@H](C)C(=O)Nc3ccc(C)cc3)cc2)c(=S)s1. The lowest BCUT2D eigenvalue weighted by molar-refractivity contribution is -0.123. The molecule has 0 saturated carbocycles. The predicted molar refractivity (Wildman–Crippen MR) is 119 cm³/mol. The van der Waals surface area contributed by atoms with E-state index in [1.165, 1.54) is 30.0 Å². The van der Waals surface area contributed by atoms with Crippen LogP contribution in [0.2, 0.25) is 0 Å². The molecule has 0 radical (unpaired) electrons. The number of carbonyl (C=O) groups excluding carboxylic acids is 2. The van der Waals surface area contributed by atoms with Crippen molar-refractivity contribution < 1.29 is 14.3 Å². The molecule has 1 N–H and O–H groups in total. The van der Waals surface area contributed by atoms with Crippen LogP contribution in [0.4, 0.5) is 5.69 Å². The standard InChI is InChI=1S/C20H19N3O3S3/c1-12-4-8-15(9-5-12)21-17(24)13(2)26-18(25)14-6-10-16(11-7-14)23-20(27)29-19(22-23)28-3/h4-11,13H,1-3H3,(H,21,24)/t13-/m0/s1. The molecular formula is C20H19N3O3S3.